The van der Waals surface area contributed by atoms with Crippen LogP contribution in [0.4, 0.5) is 0 Å². The van der Waals surface area contributed by atoms with E-state index in [1.807, 2.05) is 31.2 Å². The van der Waals surface area contributed by atoms with Gasteiger partial charge in [0.15, 0.2) is 5.78 Å². The summed E-state index contributed by atoms with van der Waals surface area (Å²) < 4.78 is 4.87. The van der Waals surface area contributed by atoms with Gasteiger partial charge in [-0.2, -0.15) is 0 Å². The number of hydrogen-bond donors (Lipinski definition) is 0. The van der Waals surface area contributed by atoms with Crippen LogP contribution in [0, 0.1) is 0 Å². The lowest BCUT2D eigenvalue weighted by atomic mass is 10.0. The molecule has 0 fully saturated rings. The molecule has 0 aliphatic carbocycles. The Hall–Kier alpha value is -1.64. The van der Waals surface area contributed by atoms with Gasteiger partial charge in [-0.05, 0) is 31.7 Å². The number of carbonyl (C=O) groups excluding carboxylic acids is 2. The van der Waals surface area contributed by atoms with Crippen molar-refractivity contribution in [3.05, 3.63) is 35.4 Å². The summed E-state index contributed by atoms with van der Waals surface area (Å²) in [6.45, 7) is 4.37. The molecule has 1 rings (SSSR count). The largest absolute Gasteiger partial charge is 0.466 e. The van der Waals surface area contributed by atoms with Crippen LogP contribution in [0.2, 0.25) is 0 Å². The second-order valence-electron chi connectivity index (χ2n) is 5.19. The van der Waals surface area contributed by atoms with E-state index in [2.05, 4.69) is 6.92 Å². The smallest absolute Gasteiger partial charge is 0.305 e. The Balaban J connectivity index is 2.14. The van der Waals surface area contributed by atoms with Crippen LogP contribution in [0.1, 0.15) is 68.3 Å². The van der Waals surface area contributed by atoms with E-state index >= 15 is 0 Å². The third kappa shape index (κ3) is 7.07. The average Bonchev–Trinajstić information content (AvgIpc) is 2.51. The van der Waals surface area contributed by atoms with Crippen LogP contribution in [0.15, 0.2) is 24.3 Å². The summed E-state index contributed by atoms with van der Waals surface area (Å²) in [6.07, 6.45) is 5.76. The summed E-state index contributed by atoms with van der Waals surface area (Å²) in [6, 6.07) is 7.88. The molecule has 0 aromatic heterocycles. The number of carbonyl (C=O) groups is 2. The lowest BCUT2D eigenvalue weighted by molar-refractivity contribution is -0.143. The lowest BCUT2D eigenvalue weighted by Gasteiger charge is -2.03. The number of Topliss-reactive ketones (excluding diaryl/α,β-unsaturated/α-hetero) is 1. The lowest BCUT2D eigenvalue weighted by Crippen LogP contribution is -2.03. The van der Waals surface area contributed by atoms with Gasteiger partial charge >= 0.3 is 5.97 Å². The Morgan fingerprint density at radius 1 is 0.905 bits per heavy atom. The van der Waals surface area contributed by atoms with Crippen LogP contribution >= 0.6 is 0 Å². The predicted molar refractivity (Wildman–Crippen MR) is 84.5 cm³/mol. The van der Waals surface area contributed by atoms with Crippen molar-refractivity contribution in [1.29, 1.82) is 0 Å². The molecule has 0 N–H and O–H groups in total. The van der Waals surface area contributed by atoms with Crippen molar-refractivity contribution in [2.45, 2.75) is 58.8 Å². The molecule has 0 amide bonds. The van der Waals surface area contributed by atoms with Crippen molar-refractivity contribution in [3.63, 3.8) is 0 Å². The summed E-state index contributed by atoms with van der Waals surface area (Å²) in [4.78, 5) is 23.1. The molecular weight excluding hydrogens is 264 g/mol. The molecule has 0 spiro atoms. The number of benzene rings is 1. The van der Waals surface area contributed by atoms with Crippen molar-refractivity contribution >= 4 is 11.8 Å². The molecule has 1 aromatic rings. The molecule has 0 saturated carbocycles. The molecule has 0 bridgehead atoms. The fourth-order valence-electron chi connectivity index (χ4n) is 2.21. The summed E-state index contributed by atoms with van der Waals surface area (Å²) in [7, 11) is 0. The second-order valence-corrected chi connectivity index (χ2v) is 5.19. The van der Waals surface area contributed by atoms with Gasteiger partial charge in [-0.25, -0.2) is 0 Å². The molecule has 3 nitrogen and oxygen atoms in total. The number of esters is 1. The van der Waals surface area contributed by atoms with Gasteiger partial charge in [0.05, 0.1) is 6.61 Å². The van der Waals surface area contributed by atoms with Gasteiger partial charge in [-0.15, -0.1) is 0 Å². The maximum atomic E-state index is 12.0. The van der Waals surface area contributed by atoms with Gasteiger partial charge in [0.2, 0.25) is 0 Å². The van der Waals surface area contributed by atoms with Gasteiger partial charge in [0, 0.05) is 18.4 Å². The van der Waals surface area contributed by atoms with Crippen LogP contribution in [-0.4, -0.2) is 18.4 Å². The van der Waals surface area contributed by atoms with Crippen LogP contribution in [-0.2, 0) is 16.0 Å². The number of rotatable bonds is 10. The highest BCUT2D eigenvalue weighted by Gasteiger charge is 2.06. The Morgan fingerprint density at radius 2 is 1.52 bits per heavy atom. The van der Waals surface area contributed by atoms with Crippen LogP contribution < -0.4 is 0 Å². The topological polar surface area (TPSA) is 43.4 Å². The maximum absolute atomic E-state index is 12.0. The van der Waals surface area contributed by atoms with E-state index < -0.39 is 0 Å². The fourth-order valence-corrected chi connectivity index (χ4v) is 2.21. The summed E-state index contributed by atoms with van der Waals surface area (Å²) >= 11 is 0. The van der Waals surface area contributed by atoms with Gasteiger partial charge < -0.3 is 4.74 Å². The van der Waals surface area contributed by atoms with E-state index in [-0.39, 0.29) is 11.8 Å². The zero-order chi connectivity index (χ0) is 15.5. The normalized spacial score (nSPS) is 10.4. The average molecular weight is 290 g/mol. The highest BCUT2D eigenvalue weighted by Crippen LogP contribution is 2.12. The Morgan fingerprint density at radius 3 is 2.10 bits per heavy atom. The number of aryl methyl sites for hydroxylation is 1. The first kappa shape index (κ1) is 17.4. The summed E-state index contributed by atoms with van der Waals surface area (Å²) in [5.41, 5.74) is 2.06. The highest BCUT2D eigenvalue weighted by molar-refractivity contribution is 5.96. The minimum absolute atomic E-state index is 0.121. The van der Waals surface area contributed by atoms with E-state index in [4.69, 9.17) is 4.74 Å². The first-order valence-electron chi connectivity index (χ1n) is 7.95. The van der Waals surface area contributed by atoms with Gasteiger partial charge in [0.25, 0.3) is 0 Å². The van der Waals surface area contributed by atoms with Gasteiger partial charge in [0.1, 0.15) is 0 Å². The molecule has 0 saturated heterocycles. The molecule has 116 valence electrons. The number of ketones is 1. The number of ether oxygens (including phenoxy) is 1. The number of hydrogen-bond acceptors (Lipinski definition) is 3. The summed E-state index contributed by atoms with van der Waals surface area (Å²) in [5.74, 6) is 0.0904. The van der Waals surface area contributed by atoms with Crippen molar-refractivity contribution in [2.75, 3.05) is 6.61 Å². The molecule has 0 atom stereocenters. The first-order chi connectivity index (χ1) is 10.2. The molecule has 3 heteroatoms. The monoisotopic (exact) mass is 290 g/mol. The molecular formula is C18H26O3. The van der Waals surface area contributed by atoms with Crippen LogP contribution in [0.25, 0.3) is 0 Å². The molecule has 0 unspecified atom stereocenters. The zero-order valence-electron chi connectivity index (χ0n) is 13.2. The Labute approximate surface area is 127 Å². The summed E-state index contributed by atoms with van der Waals surface area (Å²) in [5, 5.41) is 0. The van der Waals surface area contributed by atoms with E-state index in [0.29, 0.717) is 19.4 Å². The Kier molecular flexibility index (Phi) is 8.41. The minimum atomic E-state index is -0.121. The SMILES string of the molecule is CCOC(=O)CCCCCCC(=O)c1ccc(CC)cc1. The molecule has 0 aliphatic heterocycles. The van der Waals surface area contributed by atoms with E-state index in [0.717, 1.165) is 37.7 Å². The van der Waals surface area contributed by atoms with Gasteiger partial charge in [-0.3, -0.25) is 9.59 Å². The predicted octanol–water partition coefficient (Wildman–Crippen LogP) is 4.34. The fraction of sp³-hybridized carbons (Fsp3) is 0.556. The molecule has 0 aliphatic rings. The van der Waals surface area contributed by atoms with Crippen molar-refractivity contribution in [3.8, 4) is 0 Å². The number of unbranched alkanes of at least 4 members (excludes halogenated alkanes) is 3. The van der Waals surface area contributed by atoms with Crippen LogP contribution in [0.5, 0.6) is 0 Å². The van der Waals surface area contributed by atoms with E-state index in [1.54, 1.807) is 0 Å². The molecule has 1 aromatic carbocycles. The quantitative estimate of drug-likeness (QED) is 0.366. The van der Waals surface area contributed by atoms with Gasteiger partial charge in [-0.1, -0.05) is 44.0 Å². The maximum Gasteiger partial charge on any atom is 0.305 e. The van der Waals surface area contributed by atoms with Crippen molar-refractivity contribution < 1.29 is 14.3 Å². The Bertz CT molecular complexity index is 434. The molecule has 0 radical (unpaired) electrons. The minimum Gasteiger partial charge on any atom is -0.466 e. The third-order valence-corrected chi connectivity index (χ3v) is 3.52. The molecule has 0 heterocycles. The molecule has 21 heavy (non-hydrogen) atoms. The van der Waals surface area contributed by atoms with E-state index in [1.165, 1.54) is 5.56 Å². The van der Waals surface area contributed by atoms with Crippen molar-refractivity contribution in [1.82, 2.24) is 0 Å². The van der Waals surface area contributed by atoms with Crippen molar-refractivity contribution in [2.24, 2.45) is 0 Å². The zero-order valence-corrected chi connectivity index (χ0v) is 13.2. The second kappa shape index (κ2) is 10.1. The highest BCUT2D eigenvalue weighted by atomic mass is 16.5. The first-order valence-corrected chi connectivity index (χ1v) is 7.95. The standard InChI is InChI=1S/C18H26O3/c1-3-15-11-13-16(14-12-15)17(19)9-7-5-6-8-10-18(20)21-4-2/h11-14H,3-10H2,1-2H3. The van der Waals surface area contributed by atoms with E-state index in [9.17, 15) is 9.59 Å². The third-order valence-electron chi connectivity index (χ3n) is 3.52. The van der Waals surface area contributed by atoms with Crippen LogP contribution in [0.3, 0.4) is 0 Å².